The van der Waals surface area contributed by atoms with Crippen molar-refractivity contribution in [2.45, 2.75) is 19.2 Å². The van der Waals surface area contributed by atoms with Gasteiger partial charge < -0.3 is 14.7 Å². The third kappa shape index (κ3) is 4.41. The van der Waals surface area contributed by atoms with Crippen LogP contribution in [0.4, 0.5) is 13.2 Å². The number of carbonyl (C=O) groups excluding carboxylic acids is 1. The molecular formula is C13H16F3NO3. The number of amides is 1. The molecule has 112 valence electrons. The van der Waals surface area contributed by atoms with Gasteiger partial charge in [-0.05, 0) is 17.7 Å². The summed E-state index contributed by atoms with van der Waals surface area (Å²) in [5.74, 6) is -0.577. The van der Waals surface area contributed by atoms with Gasteiger partial charge in [0.05, 0.1) is 25.2 Å². The smallest absolute Gasteiger partial charge is 0.419 e. The fourth-order valence-corrected chi connectivity index (χ4v) is 1.49. The summed E-state index contributed by atoms with van der Waals surface area (Å²) in [4.78, 5) is 12.6. The van der Waals surface area contributed by atoms with E-state index in [1.165, 1.54) is 11.0 Å². The standard InChI is InChI=1S/C13H16F3NO3/c1-17(2)12(19)5-6-20-11-4-3-9(8-18)7-10(11)13(14,15)16/h3-4,7,18H,5-6,8H2,1-2H3. The summed E-state index contributed by atoms with van der Waals surface area (Å²) < 4.78 is 43.6. The van der Waals surface area contributed by atoms with Crippen molar-refractivity contribution >= 4 is 5.91 Å². The number of hydrogen-bond acceptors (Lipinski definition) is 3. The number of benzene rings is 1. The molecule has 0 aromatic heterocycles. The molecule has 0 fully saturated rings. The Bertz CT molecular complexity index is 472. The van der Waals surface area contributed by atoms with Crippen LogP contribution in [0.5, 0.6) is 5.75 Å². The van der Waals surface area contributed by atoms with Crippen molar-refractivity contribution in [2.24, 2.45) is 0 Å². The predicted molar refractivity (Wildman–Crippen MR) is 66.2 cm³/mol. The van der Waals surface area contributed by atoms with E-state index in [-0.39, 0.29) is 30.2 Å². The van der Waals surface area contributed by atoms with Crippen molar-refractivity contribution in [2.75, 3.05) is 20.7 Å². The fraction of sp³-hybridized carbons (Fsp3) is 0.462. The molecule has 20 heavy (non-hydrogen) atoms. The van der Waals surface area contributed by atoms with Gasteiger partial charge in [-0.15, -0.1) is 0 Å². The Balaban J connectivity index is 2.82. The van der Waals surface area contributed by atoms with Crippen LogP contribution in [0, 0.1) is 0 Å². The molecule has 0 aliphatic carbocycles. The van der Waals surface area contributed by atoms with Gasteiger partial charge in [0.25, 0.3) is 0 Å². The average molecular weight is 291 g/mol. The van der Waals surface area contributed by atoms with Crippen molar-refractivity contribution in [3.05, 3.63) is 29.3 Å². The molecule has 0 unspecified atom stereocenters. The van der Waals surface area contributed by atoms with Crippen LogP contribution in [0.25, 0.3) is 0 Å². The molecule has 0 atom stereocenters. The molecule has 1 amide bonds. The number of alkyl halides is 3. The number of ether oxygens (including phenoxy) is 1. The zero-order valence-corrected chi connectivity index (χ0v) is 11.2. The summed E-state index contributed by atoms with van der Waals surface area (Å²) in [6.45, 7) is -0.624. The van der Waals surface area contributed by atoms with E-state index in [4.69, 9.17) is 9.84 Å². The Kier molecular flexibility index (Phi) is 5.38. The van der Waals surface area contributed by atoms with Crippen LogP contribution in [0.3, 0.4) is 0 Å². The first-order chi connectivity index (χ1) is 9.25. The van der Waals surface area contributed by atoms with Crippen LogP contribution < -0.4 is 4.74 Å². The van der Waals surface area contributed by atoms with Gasteiger partial charge in [-0.2, -0.15) is 13.2 Å². The van der Waals surface area contributed by atoms with Gasteiger partial charge in [0, 0.05) is 14.1 Å². The molecule has 1 rings (SSSR count). The van der Waals surface area contributed by atoms with E-state index in [9.17, 15) is 18.0 Å². The fourth-order valence-electron chi connectivity index (χ4n) is 1.49. The van der Waals surface area contributed by atoms with E-state index in [1.54, 1.807) is 14.1 Å². The monoisotopic (exact) mass is 291 g/mol. The summed E-state index contributed by atoms with van der Waals surface area (Å²) >= 11 is 0. The van der Waals surface area contributed by atoms with Crippen LogP contribution in [-0.4, -0.2) is 36.6 Å². The molecule has 4 nitrogen and oxygen atoms in total. The van der Waals surface area contributed by atoms with Crippen molar-refractivity contribution in [3.8, 4) is 5.75 Å². The Hall–Kier alpha value is -1.76. The second-order valence-electron chi connectivity index (χ2n) is 4.37. The van der Waals surface area contributed by atoms with Crippen molar-refractivity contribution in [3.63, 3.8) is 0 Å². The van der Waals surface area contributed by atoms with Gasteiger partial charge in [0.1, 0.15) is 5.75 Å². The van der Waals surface area contributed by atoms with Gasteiger partial charge in [-0.3, -0.25) is 4.79 Å². The molecule has 0 aliphatic heterocycles. The lowest BCUT2D eigenvalue weighted by Crippen LogP contribution is -2.23. The molecular weight excluding hydrogens is 275 g/mol. The van der Waals surface area contributed by atoms with E-state index >= 15 is 0 Å². The van der Waals surface area contributed by atoms with Crippen LogP contribution in [0.15, 0.2) is 18.2 Å². The highest BCUT2D eigenvalue weighted by atomic mass is 19.4. The number of aliphatic hydroxyl groups excluding tert-OH is 1. The molecule has 1 aromatic rings. The molecule has 0 heterocycles. The summed E-state index contributed by atoms with van der Waals surface area (Å²) in [5, 5.41) is 8.87. The quantitative estimate of drug-likeness (QED) is 0.903. The Morgan fingerprint density at radius 1 is 1.35 bits per heavy atom. The number of halogens is 3. The third-order valence-corrected chi connectivity index (χ3v) is 2.60. The molecule has 0 radical (unpaired) electrons. The van der Waals surface area contributed by atoms with Crippen LogP contribution >= 0.6 is 0 Å². The van der Waals surface area contributed by atoms with E-state index in [0.29, 0.717) is 0 Å². The van der Waals surface area contributed by atoms with Crippen LogP contribution in [-0.2, 0) is 17.6 Å². The lowest BCUT2D eigenvalue weighted by atomic mass is 10.1. The number of rotatable bonds is 5. The number of aliphatic hydroxyl groups is 1. The Morgan fingerprint density at radius 2 is 2.00 bits per heavy atom. The first-order valence-electron chi connectivity index (χ1n) is 5.89. The van der Waals surface area contributed by atoms with Crippen molar-refractivity contribution < 1.29 is 27.8 Å². The van der Waals surface area contributed by atoms with Gasteiger partial charge in [0.15, 0.2) is 0 Å². The molecule has 0 spiro atoms. The molecule has 1 N–H and O–H groups in total. The maximum Gasteiger partial charge on any atom is 0.419 e. The maximum atomic E-state index is 12.8. The predicted octanol–water partition coefficient (Wildman–Crippen LogP) is 2.05. The molecule has 0 bridgehead atoms. The van der Waals surface area contributed by atoms with E-state index < -0.39 is 18.3 Å². The van der Waals surface area contributed by atoms with E-state index in [2.05, 4.69) is 0 Å². The molecule has 0 saturated heterocycles. The lowest BCUT2D eigenvalue weighted by Gasteiger charge is -2.15. The van der Waals surface area contributed by atoms with Crippen LogP contribution in [0.1, 0.15) is 17.5 Å². The minimum absolute atomic E-state index is 0.00789. The van der Waals surface area contributed by atoms with Crippen molar-refractivity contribution in [1.29, 1.82) is 0 Å². The summed E-state index contributed by atoms with van der Waals surface area (Å²) in [5.41, 5.74) is -0.810. The second-order valence-corrected chi connectivity index (χ2v) is 4.37. The first-order valence-corrected chi connectivity index (χ1v) is 5.89. The van der Waals surface area contributed by atoms with Gasteiger partial charge in [-0.25, -0.2) is 0 Å². The first kappa shape index (κ1) is 16.3. The van der Waals surface area contributed by atoms with Gasteiger partial charge in [-0.1, -0.05) is 6.07 Å². The lowest BCUT2D eigenvalue weighted by molar-refractivity contribution is -0.139. The number of nitrogens with zero attached hydrogens (tertiary/aromatic N) is 1. The van der Waals surface area contributed by atoms with Gasteiger partial charge in [0.2, 0.25) is 5.91 Å². The Labute approximate surface area is 114 Å². The minimum atomic E-state index is -4.58. The van der Waals surface area contributed by atoms with E-state index in [0.717, 1.165) is 12.1 Å². The van der Waals surface area contributed by atoms with Gasteiger partial charge >= 0.3 is 6.18 Å². The summed E-state index contributed by atoms with van der Waals surface area (Å²) in [6, 6.07) is 3.33. The van der Waals surface area contributed by atoms with Crippen molar-refractivity contribution in [1.82, 2.24) is 4.90 Å². The summed E-state index contributed by atoms with van der Waals surface area (Å²) in [7, 11) is 3.11. The molecule has 1 aromatic carbocycles. The zero-order chi connectivity index (χ0) is 15.3. The normalized spacial score (nSPS) is 11.3. The Morgan fingerprint density at radius 3 is 2.50 bits per heavy atom. The maximum absolute atomic E-state index is 12.8. The number of hydrogen-bond donors (Lipinski definition) is 1. The largest absolute Gasteiger partial charge is 0.492 e. The van der Waals surface area contributed by atoms with E-state index in [1.807, 2.05) is 0 Å². The average Bonchev–Trinajstić information content (AvgIpc) is 2.37. The minimum Gasteiger partial charge on any atom is -0.492 e. The SMILES string of the molecule is CN(C)C(=O)CCOc1ccc(CO)cc1C(F)(F)F. The highest BCUT2D eigenvalue weighted by Crippen LogP contribution is 2.36. The molecule has 0 aliphatic rings. The second kappa shape index (κ2) is 6.60. The zero-order valence-electron chi connectivity index (χ0n) is 11.2. The molecule has 0 saturated carbocycles. The number of carbonyl (C=O) groups is 1. The summed E-state index contributed by atoms with van der Waals surface area (Å²) in [6.07, 6.45) is -4.59. The molecule has 7 heteroatoms. The van der Waals surface area contributed by atoms with Crippen LogP contribution in [0.2, 0.25) is 0 Å². The highest BCUT2D eigenvalue weighted by Gasteiger charge is 2.34. The topological polar surface area (TPSA) is 49.8 Å². The highest BCUT2D eigenvalue weighted by molar-refractivity contribution is 5.75. The third-order valence-electron chi connectivity index (χ3n) is 2.60.